The molecule has 14 heteroatoms. The molecule has 1 aromatic carbocycles. The lowest BCUT2D eigenvalue weighted by atomic mass is 10.0. The maximum Gasteiger partial charge on any atom is 0.326 e. The molecule has 0 heterocycles. The summed E-state index contributed by atoms with van der Waals surface area (Å²) in [5.41, 5.74) is 22.7. The van der Waals surface area contributed by atoms with Gasteiger partial charge in [-0.3, -0.25) is 19.4 Å². The van der Waals surface area contributed by atoms with Crippen molar-refractivity contribution in [2.24, 2.45) is 33.8 Å². The molecule has 4 unspecified atom stereocenters. The topological polar surface area (TPSA) is 261 Å². The number of hydrogen-bond donors (Lipinski definition) is 9. The molecule has 0 aliphatic rings. The van der Waals surface area contributed by atoms with Gasteiger partial charge in [0.15, 0.2) is 5.96 Å². The number of carbonyl (C=O) groups is 4. The van der Waals surface area contributed by atoms with Crippen LogP contribution >= 0.6 is 0 Å². The molecule has 4 atom stereocenters. The quantitative estimate of drug-likeness (QED) is 0.0574. The van der Waals surface area contributed by atoms with E-state index in [1.807, 2.05) is 0 Å². The average Bonchev–Trinajstić information content (AvgIpc) is 2.89. The van der Waals surface area contributed by atoms with E-state index >= 15 is 0 Å². The molecule has 40 heavy (non-hydrogen) atoms. The SMILES string of the molecule is CC(C)C(N)C(=O)NC(CCCCN)C(=O)NC(Cc1ccc(O)cc1)C(=O)NC(CCCN=C(N)N)C(=O)O. The lowest BCUT2D eigenvalue weighted by Crippen LogP contribution is -2.58. The van der Waals surface area contributed by atoms with Gasteiger partial charge in [-0.25, -0.2) is 4.79 Å². The highest BCUT2D eigenvalue weighted by Crippen LogP contribution is 2.13. The third-order valence-electron chi connectivity index (χ3n) is 6.17. The average molecular weight is 565 g/mol. The third-order valence-corrected chi connectivity index (χ3v) is 6.17. The molecule has 13 N–H and O–H groups in total. The van der Waals surface area contributed by atoms with Crippen LogP contribution in [0.2, 0.25) is 0 Å². The molecule has 3 amide bonds. The van der Waals surface area contributed by atoms with E-state index in [0.29, 0.717) is 24.9 Å². The number of nitrogens with zero attached hydrogens (tertiary/aromatic N) is 1. The molecule has 0 aliphatic carbocycles. The Morgan fingerprint density at radius 1 is 0.850 bits per heavy atom. The highest BCUT2D eigenvalue weighted by atomic mass is 16.4. The number of phenols is 1. The summed E-state index contributed by atoms with van der Waals surface area (Å²) >= 11 is 0. The van der Waals surface area contributed by atoms with Gasteiger partial charge in [-0.15, -0.1) is 0 Å². The van der Waals surface area contributed by atoms with Crippen LogP contribution in [0.25, 0.3) is 0 Å². The first-order valence-corrected chi connectivity index (χ1v) is 13.3. The maximum atomic E-state index is 13.3. The Morgan fingerprint density at radius 3 is 1.95 bits per heavy atom. The molecule has 0 radical (unpaired) electrons. The molecular weight excluding hydrogens is 520 g/mol. The first-order valence-electron chi connectivity index (χ1n) is 13.3. The van der Waals surface area contributed by atoms with Crippen LogP contribution in [0, 0.1) is 5.92 Å². The number of hydrogen-bond acceptors (Lipinski definition) is 8. The van der Waals surface area contributed by atoms with Crippen molar-refractivity contribution in [3.63, 3.8) is 0 Å². The largest absolute Gasteiger partial charge is 0.508 e. The van der Waals surface area contributed by atoms with Gasteiger partial charge in [0.25, 0.3) is 0 Å². The fourth-order valence-electron chi connectivity index (χ4n) is 3.71. The number of aromatic hydroxyl groups is 1. The van der Waals surface area contributed by atoms with Crippen LogP contribution in [-0.2, 0) is 25.6 Å². The number of carboxylic acid groups (broad SMARTS) is 1. The predicted molar refractivity (Wildman–Crippen MR) is 151 cm³/mol. The fraction of sp³-hybridized carbons (Fsp3) is 0.577. The van der Waals surface area contributed by atoms with Crippen LogP contribution < -0.4 is 38.9 Å². The molecule has 14 nitrogen and oxygen atoms in total. The van der Waals surface area contributed by atoms with Crippen molar-refractivity contribution in [2.75, 3.05) is 13.1 Å². The van der Waals surface area contributed by atoms with E-state index in [4.69, 9.17) is 22.9 Å². The number of nitrogens with one attached hydrogen (secondary N) is 3. The number of nitrogens with two attached hydrogens (primary N) is 4. The first kappa shape index (κ1) is 34.1. The van der Waals surface area contributed by atoms with Crippen molar-refractivity contribution in [3.05, 3.63) is 29.8 Å². The number of rotatable bonds is 18. The van der Waals surface area contributed by atoms with Crippen LogP contribution in [0.3, 0.4) is 0 Å². The van der Waals surface area contributed by atoms with Gasteiger partial charge in [0.1, 0.15) is 23.9 Å². The van der Waals surface area contributed by atoms with Gasteiger partial charge in [-0.1, -0.05) is 26.0 Å². The van der Waals surface area contributed by atoms with Gasteiger partial charge < -0.3 is 49.1 Å². The minimum absolute atomic E-state index is 0.00678. The predicted octanol–water partition coefficient (Wildman–Crippen LogP) is -1.36. The summed E-state index contributed by atoms with van der Waals surface area (Å²) in [6, 6.07) is 1.74. The van der Waals surface area contributed by atoms with E-state index < -0.39 is 47.9 Å². The summed E-state index contributed by atoms with van der Waals surface area (Å²) < 4.78 is 0. The Bertz CT molecular complexity index is 997. The molecule has 0 spiro atoms. The molecule has 0 bridgehead atoms. The molecule has 0 aliphatic heterocycles. The van der Waals surface area contributed by atoms with Crippen LogP contribution in [0.15, 0.2) is 29.3 Å². The van der Waals surface area contributed by atoms with Crippen molar-refractivity contribution < 1.29 is 29.4 Å². The number of carboxylic acids is 1. The number of aliphatic imine (C=N–C) groups is 1. The van der Waals surface area contributed by atoms with Gasteiger partial charge >= 0.3 is 5.97 Å². The van der Waals surface area contributed by atoms with Gasteiger partial charge in [0, 0.05) is 13.0 Å². The Labute approximate surface area is 234 Å². The number of phenolic OH excluding ortho intramolecular Hbond substituents is 1. The summed E-state index contributed by atoms with van der Waals surface area (Å²) in [7, 11) is 0. The standard InChI is InChI=1S/C26H44N8O6/c1-15(2)21(28)24(38)32-18(6-3-4-12-27)22(36)34-20(14-16-8-10-17(35)11-9-16)23(37)33-19(25(39)40)7-5-13-31-26(29)30/h8-11,15,18-21,35H,3-7,12-14,27-28H2,1-2H3,(H,32,38)(H,33,37)(H,34,36)(H,39,40)(H4,29,30,31). The zero-order chi connectivity index (χ0) is 30.2. The van der Waals surface area contributed by atoms with Gasteiger partial charge in [-0.2, -0.15) is 0 Å². The normalized spacial score (nSPS) is 13.9. The number of unbranched alkanes of at least 4 members (excludes halogenated alkanes) is 1. The Balaban J connectivity index is 3.14. The second-order valence-electron chi connectivity index (χ2n) is 9.90. The lowest BCUT2D eigenvalue weighted by Gasteiger charge is -2.26. The molecule has 0 saturated carbocycles. The highest BCUT2D eigenvalue weighted by molar-refractivity contribution is 5.94. The number of benzene rings is 1. The van der Waals surface area contributed by atoms with Crippen molar-refractivity contribution in [3.8, 4) is 5.75 Å². The summed E-state index contributed by atoms with van der Waals surface area (Å²) in [6.45, 7) is 4.14. The summed E-state index contributed by atoms with van der Waals surface area (Å²) in [5, 5.41) is 27.0. The number of amides is 3. The minimum atomic E-state index is -1.26. The smallest absolute Gasteiger partial charge is 0.326 e. The Hall–Kier alpha value is -3.91. The van der Waals surface area contributed by atoms with Crippen molar-refractivity contribution in [2.45, 2.75) is 76.5 Å². The highest BCUT2D eigenvalue weighted by Gasteiger charge is 2.30. The van der Waals surface area contributed by atoms with Gasteiger partial charge in [0.05, 0.1) is 6.04 Å². The lowest BCUT2D eigenvalue weighted by molar-refractivity contribution is -0.142. The zero-order valence-electron chi connectivity index (χ0n) is 23.1. The molecule has 0 saturated heterocycles. The Kier molecular flexibility index (Phi) is 15.0. The van der Waals surface area contributed by atoms with Crippen LogP contribution in [0.5, 0.6) is 5.75 Å². The molecular formula is C26H44N8O6. The molecule has 224 valence electrons. The van der Waals surface area contributed by atoms with Gasteiger partial charge in [-0.05, 0) is 62.3 Å². The van der Waals surface area contributed by atoms with Crippen molar-refractivity contribution >= 4 is 29.7 Å². The third kappa shape index (κ3) is 12.8. The second-order valence-corrected chi connectivity index (χ2v) is 9.90. The van der Waals surface area contributed by atoms with E-state index in [1.165, 1.54) is 12.1 Å². The first-order chi connectivity index (χ1) is 18.8. The fourth-order valence-corrected chi connectivity index (χ4v) is 3.71. The summed E-state index contributed by atoms with van der Waals surface area (Å²) in [6.07, 6.45) is 1.74. The van der Waals surface area contributed by atoms with Gasteiger partial charge in [0.2, 0.25) is 17.7 Å². The van der Waals surface area contributed by atoms with Crippen LogP contribution in [0.1, 0.15) is 51.5 Å². The van der Waals surface area contributed by atoms with E-state index in [1.54, 1.807) is 26.0 Å². The summed E-state index contributed by atoms with van der Waals surface area (Å²) in [4.78, 5) is 54.9. The van der Waals surface area contributed by atoms with E-state index in [2.05, 4.69) is 20.9 Å². The van der Waals surface area contributed by atoms with E-state index in [-0.39, 0.29) is 49.9 Å². The number of aliphatic carboxylic acids is 1. The number of carbonyl (C=O) groups excluding carboxylic acids is 3. The molecule has 1 aromatic rings. The minimum Gasteiger partial charge on any atom is -0.508 e. The van der Waals surface area contributed by atoms with Crippen molar-refractivity contribution in [1.29, 1.82) is 0 Å². The molecule has 1 rings (SSSR count). The molecule has 0 fully saturated rings. The maximum absolute atomic E-state index is 13.3. The monoisotopic (exact) mass is 564 g/mol. The number of guanidine groups is 1. The molecule has 0 aromatic heterocycles. The van der Waals surface area contributed by atoms with Crippen molar-refractivity contribution in [1.82, 2.24) is 16.0 Å². The second kappa shape index (κ2) is 17.6. The van der Waals surface area contributed by atoms with E-state index in [0.717, 1.165) is 0 Å². The van der Waals surface area contributed by atoms with Crippen LogP contribution in [-0.4, -0.2) is 77.1 Å². The summed E-state index contributed by atoms with van der Waals surface area (Å²) in [5.74, 6) is -3.40. The zero-order valence-corrected chi connectivity index (χ0v) is 23.1. The Morgan fingerprint density at radius 2 is 1.40 bits per heavy atom. The van der Waals surface area contributed by atoms with Crippen LogP contribution in [0.4, 0.5) is 0 Å². The van der Waals surface area contributed by atoms with E-state index in [9.17, 15) is 29.4 Å².